The molecule has 0 aromatic heterocycles. The van der Waals surface area contributed by atoms with E-state index >= 15 is 0 Å². The summed E-state index contributed by atoms with van der Waals surface area (Å²) in [5.41, 5.74) is 1.35. The first kappa shape index (κ1) is 23.1. The van der Waals surface area contributed by atoms with E-state index in [1.807, 2.05) is 24.3 Å². The number of esters is 2. The van der Waals surface area contributed by atoms with E-state index in [1.165, 1.54) is 25.7 Å². The fourth-order valence-electron chi connectivity index (χ4n) is 2.95. The second-order valence-electron chi connectivity index (χ2n) is 7.01. The number of hydrogen-bond acceptors (Lipinski definition) is 4. The van der Waals surface area contributed by atoms with E-state index in [9.17, 15) is 9.59 Å². The number of carbonyl (C=O) groups excluding carboxylic acids is 2. The number of carbonyl (C=O) groups is 2. The molecule has 0 fully saturated rings. The molecule has 0 aliphatic heterocycles. The first-order chi connectivity index (χ1) is 14.1. The van der Waals surface area contributed by atoms with Crippen LogP contribution in [0.3, 0.4) is 0 Å². The monoisotopic (exact) mass is 460 g/mol. The fraction of sp³-hybridized carbons (Fsp3) is 0.417. The Kier molecular flexibility index (Phi) is 10.5. The highest BCUT2D eigenvalue weighted by atomic mass is 79.9. The second-order valence-corrected chi connectivity index (χ2v) is 7.92. The van der Waals surface area contributed by atoms with Gasteiger partial charge in [0.2, 0.25) is 0 Å². The minimum absolute atomic E-state index is 0.146. The van der Waals surface area contributed by atoms with Crippen LogP contribution in [0.2, 0.25) is 0 Å². The summed E-state index contributed by atoms with van der Waals surface area (Å²) in [6, 6.07) is 14.1. The van der Waals surface area contributed by atoms with Crippen LogP contribution in [0.1, 0.15) is 78.1 Å². The van der Waals surface area contributed by atoms with E-state index in [0.717, 1.165) is 29.3 Å². The smallest absolute Gasteiger partial charge is 0.339 e. The van der Waals surface area contributed by atoms with Gasteiger partial charge in [-0.15, -0.1) is 0 Å². The van der Waals surface area contributed by atoms with Gasteiger partial charge in [0.25, 0.3) is 0 Å². The predicted octanol–water partition coefficient (Wildman–Crippen LogP) is 6.71. The highest BCUT2D eigenvalue weighted by molar-refractivity contribution is 9.10. The summed E-state index contributed by atoms with van der Waals surface area (Å²) in [5.74, 6) is -1.01. The first-order valence-electron chi connectivity index (χ1n) is 10.3. The lowest BCUT2D eigenvalue weighted by molar-refractivity contribution is 0.0436. The topological polar surface area (TPSA) is 52.6 Å². The van der Waals surface area contributed by atoms with Crippen molar-refractivity contribution in [2.45, 2.75) is 58.5 Å². The van der Waals surface area contributed by atoms with Crippen LogP contribution in [0.15, 0.2) is 53.0 Å². The van der Waals surface area contributed by atoms with E-state index < -0.39 is 11.9 Å². The van der Waals surface area contributed by atoms with Crippen LogP contribution in [-0.4, -0.2) is 18.5 Å². The number of halogens is 1. The molecule has 2 rings (SSSR count). The second kappa shape index (κ2) is 13.2. The molecular formula is C24H29BrO4. The summed E-state index contributed by atoms with van der Waals surface area (Å²) in [5, 5.41) is 0. The maximum Gasteiger partial charge on any atom is 0.339 e. The van der Waals surface area contributed by atoms with Gasteiger partial charge in [-0.2, -0.15) is 0 Å². The van der Waals surface area contributed by atoms with Crippen molar-refractivity contribution in [1.29, 1.82) is 0 Å². The Labute approximate surface area is 181 Å². The Balaban J connectivity index is 1.81. The number of ether oxygens (including phenoxy) is 2. The van der Waals surface area contributed by atoms with E-state index in [0.29, 0.717) is 6.61 Å². The normalized spacial score (nSPS) is 10.6. The van der Waals surface area contributed by atoms with Crippen LogP contribution < -0.4 is 0 Å². The molecule has 0 N–H and O–H groups in total. The molecule has 2 aromatic rings. The van der Waals surface area contributed by atoms with Gasteiger partial charge >= 0.3 is 11.9 Å². The zero-order chi connectivity index (χ0) is 20.9. The number of hydrogen-bond donors (Lipinski definition) is 0. The Morgan fingerprint density at radius 3 is 1.93 bits per heavy atom. The van der Waals surface area contributed by atoms with Crippen LogP contribution in [0.4, 0.5) is 0 Å². The molecule has 0 aliphatic carbocycles. The lowest BCUT2D eigenvalue weighted by Crippen LogP contribution is -2.14. The maximum atomic E-state index is 12.5. The van der Waals surface area contributed by atoms with Crippen LogP contribution in [0.5, 0.6) is 0 Å². The van der Waals surface area contributed by atoms with E-state index in [2.05, 4.69) is 22.9 Å². The predicted molar refractivity (Wildman–Crippen MR) is 118 cm³/mol. The van der Waals surface area contributed by atoms with Crippen molar-refractivity contribution in [3.8, 4) is 0 Å². The van der Waals surface area contributed by atoms with Gasteiger partial charge in [-0.05, 0) is 36.2 Å². The summed E-state index contributed by atoms with van der Waals surface area (Å²) in [4.78, 5) is 24.9. The van der Waals surface area contributed by atoms with Gasteiger partial charge in [0, 0.05) is 4.47 Å². The zero-order valence-corrected chi connectivity index (χ0v) is 18.6. The summed E-state index contributed by atoms with van der Waals surface area (Å²) < 4.78 is 11.7. The Hall–Kier alpha value is -2.14. The van der Waals surface area contributed by atoms with E-state index in [1.54, 1.807) is 24.3 Å². The molecule has 0 saturated carbocycles. The molecule has 2 aromatic carbocycles. The molecule has 4 nitrogen and oxygen atoms in total. The quantitative estimate of drug-likeness (QED) is 0.260. The molecule has 5 heteroatoms. The Morgan fingerprint density at radius 1 is 0.759 bits per heavy atom. The standard InChI is InChI=1S/C24H29BrO4/c1-2-3-4-5-6-7-10-17-28-23(26)21-11-8-9-12-22(21)24(27)29-18-19-13-15-20(25)16-14-19/h8-9,11-16H,2-7,10,17-18H2,1H3. The highest BCUT2D eigenvalue weighted by Crippen LogP contribution is 2.15. The Bertz CT molecular complexity index is 771. The first-order valence-corrected chi connectivity index (χ1v) is 11.1. The van der Waals surface area contributed by atoms with Gasteiger partial charge in [0.1, 0.15) is 6.61 Å². The SMILES string of the molecule is CCCCCCCCCOC(=O)c1ccccc1C(=O)OCc1ccc(Br)cc1. The maximum absolute atomic E-state index is 12.5. The van der Waals surface area contributed by atoms with Crippen LogP contribution in [0.25, 0.3) is 0 Å². The van der Waals surface area contributed by atoms with Crippen molar-refractivity contribution >= 4 is 27.9 Å². The third-order valence-corrected chi connectivity index (χ3v) is 5.16. The summed E-state index contributed by atoms with van der Waals surface area (Å²) in [6.45, 7) is 2.72. The molecule has 156 valence electrons. The van der Waals surface area contributed by atoms with Crippen molar-refractivity contribution in [2.24, 2.45) is 0 Å². The number of rotatable bonds is 12. The fourth-order valence-corrected chi connectivity index (χ4v) is 3.21. The van der Waals surface area contributed by atoms with Crippen LogP contribution in [0, 0.1) is 0 Å². The molecule has 0 aliphatic rings. The average Bonchev–Trinajstić information content (AvgIpc) is 2.75. The van der Waals surface area contributed by atoms with Crippen molar-refractivity contribution in [3.05, 3.63) is 69.7 Å². The van der Waals surface area contributed by atoms with Crippen molar-refractivity contribution in [1.82, 2.24) is 0 Å². The minimum atomic E-state index is -0.531. The van der Waals surface area contributed by atoms with Crippen LogP contribution >= 0.6 is 15.9 Å². The number of unbranched alkanes of at least 4 members (excludes halogenated alkanes) is 6. The number of benzene rings is 2. The molecule has 0 unspecified atom stereocenters. The van der Waals surface area contributed by atoms with Gasteiger partial charge in [-0.1, -0.05) is 85.6 Å². The molecule has 0 saturated heterocycles. The largest absolute Gasteiger partial charge is 0.462 e. The average molecular weight is 461 g/mol. The van der Waals surface area contributed by atoms with Crippen LogP contribution in [-0.2, 0) is 16.1 Å². The third-order valence-electron chi connectivity index (χ3n) is 4.63. The molecular weight excluding hydrogens is 432 g/mol. The summed E-state index contributed by atoms with van der Waals surface area (Å²) in [7, 11) is 0. The van der Waals surface area contributed by atoms with Crippen molar-refractivity contribution in [2.75, 3.05) is 6.61 Å². The van der Waals surface area contributed by atoms with Gasteiger partial charge in [-0.25, -0.2) is 9.59 Å². The molecule has 0 heterocycles. The van der Waals surface area contributed by atoms with Gasteiger partial charge in [-0.3, -0.25) is 0 Å². The molecule has 0 bridgehead atoms. The molecule has 29 heavy (non-hydrogen) atoms. The van der Waals surface area contributed by atoms with E-state index in [4.69, 9.17) is 9.47 Å². The molecule has 0 amide bonds. The minimum Gasteiger partial charge on any atom is -0.462 e. The summed E-state index contributed by atoms with van der Waals surface area (Å²) in [6.07, 6.45) is 8.07. The van der Waals surface area contributed by atoms with Gasteiger partial charge in [0.05, 0.1) is 17.7 Å². The Morgan fingerprint density at radius 2 is 1.31 bits per heavy atom. The van der Waals surface area contributed by atoms with E-state index in [-0.39, 0.29) is 17.7 Å². The highest BCUT2D eigenvalue weighted by Gasteiger charge is 2.19. The molecule has 0 atom stereocenters. The molecule has 0 radical (unpaired) electrons. The zero-order valence-electron chi connectivity index (χ0n) is 17.0. The molecule has 0 spiro atoms. The van der Waals surface area contributed by atoms with Crippen molar-refractivity contribution < 1.29 is 19.1 Å². The van der Waals surface area contributed by atoms with Crippen molar-refractivity contribution in [3.63, 3.8) is 0 Å². The van der Waals surface area contributed by atoms with Gasteiger partial charge in [0.15, 0.2) is 0 Å². The lowest BCUT2D eigenvalue weighted by atomic mass is 10.1. The third kappa shape index (κ3) is 8.40. The lowest BCUT2D eigenvalue weighted by Gasteiger charge is -2.10. The van der Waals surface area contributed by atoms with Gasteiger partial charge < -0.3 is 9.47 Å². The summed E-state index contributed by atoms with van der Waals surface area (Å²) >= 11 is 3.37.